The van der Waals surface area contributed by atoms with E-state index in [1.807, 2.05) is 0 Å². The molecular weight excluding hydrogens is 206 g/mol. The molecule has 2 rings (SSSR count). The highest BCUT2D eigenvalue weighted by atomic mass is 14.9. The normalized spacial score (nSPS) is 24.8. The van der Waals surface area contributed by atoms with E-state index in [0.29, 0.717) is 0 Å². The smallest absolute Gasteiger partial charge is 0.00698 e. The molecule has 0 saturated heterocycles. The third-order valence-corrected chi connectivity index (χ3v) is 4.07. The Kier molecular flexibility index (Phi) is 4.61. The van der Waals surface area contributed by atoms with Gasteiger partial charge in [-0.3, -0.25) is 0 Å². The summed E-state index contributed by atoms with van der Waals surface area (Å²) in [5, 5.41) is 3.44. The van der Waals surface area contributed by atoms with Gasteiger partial charge in [0.05, 0.1) is 0 Å². The summed E-state index contributed by atoms with van der Waals surface area (Å²) in [6.07, 6.45) is 7.84. The lowest BCUT2D eigenvalue weighted by molar-refractivity contribution is 0.355. The van der Waals surface area contributed by atoms with Crippen LogP contribution < -0.4 is 5.32 Å². The highest BCUT2D eigenvalue weighted by Crippen LogP contribution is 2.32. The molecule has 94 valence electrons. The first kappa shape index (κ1) is 12.6. The van der Waals surface area contributed by atoms with Crippen LogP contribution in [0.3, 0.4) is 0 Å². The van der Waals surface area contributed by atoms with Crippen molar-refractivity contribution in [3.8, 4) is 0 Å². The molecule has 0 heterocycles. The van der Waals surface area contributed by atoms with E-state index in [9.17, 15) is 0 Å². The molecule has 1 nitrogen and oxygen atoms in total. The van der Waals surface area contributed by atoms with Crippen molar-refractivity contribution in [2.45, 2.75) is 57.4 Å². The molecule has 0 amide bonds. The molecule has 1 fully saturated rings. The molecule has 2 atom stereocenters. The third kappa shape index (κ3) is 3.32. The molecule has 0 aliphatic heterocycles. The number of nitrogens with one attached hydrogen (secondary N) is 1. The maximum absolute atomic E-state index is 3.44. The zero-order valence-corrected chi connectivity index (χ0v) is 11.2. The predicted molar refractivity (Wildman–Crippen MR) is 74.5 cm³/mol. The fourth-order valence-corrected chi connectivity index (χ4v) is 3.00. The molecule has 0 bridgehead atoms. The molecule has 17 heavy (non-hydrogen) atoms. The van der Waals surface area contributed by atoms with E-state index in [4.69, 9.17) is 0 Å². The van der Waals surface area contributed by atoms with E-state index in [-0.39, 0.29) is 0 Å². The Hall–Kier alpha value is -0.820. The topological polar surface area (TPSA) is 12.0 Å². The summed E-state index contributed by atoms with van der Waals surface area (Å²) in [5.74, 6) is 0.775. The number of hydrogen-bond acceptors (Lipinski definition) is 1. The van der Waals surface area contributed by atoms with Crippen molar-refractivity contribution >= 4 is 0 Å². The molecule has 1 aromatic carbocycles. The van der Waals surface area contributed by atoms with Gasteiger partial charge < -0.3 is 5.32 Å². The van der Waals surface area contributed by atoms with Gasteiger partial charge in [-0.05, 0) is 49.8 Å². The van der Waals surface area contributed by atoms with Gasteiger partial charge in [0.25, 0.3) is 0 Å². The van der Waals surface area contributed by atoms with Crippen LogP contribution in [0.15, 0.2) is 24.3 Å². The van der Waals surface area contributed by atoms with Gasteiger partial charge in [0.1, 0.15) is 0 Å². The second kappa shape index (κ2) is 6.20. The summed E-state index contributed by atoms with van der Waals surface area (Å²) in [4.78, 5) is 0. The number of hydrogen-bond donors (Lipinski definition) is 1. The standard InChI is InChI=1S/C16H25N/c1-3-5-13-8-10-14(11-9-13)15-6-4-7-16(12-15)17-2/h8-11,15-17H,3-7,12H2,1-2H3. The second-order valence-electron chi connectivity index (χ2n) is 5.34. The molecule has 1 aromatic rings. The first-order valence-corrected chi connectivity index (χ1v) is 7.09. The molecule has 2 unspecified atom stereocenters. The van der Waals surface area contributed by atoms with Crippen molar-refractivity contribution in [1.82, 2.24) is 5.32 Å². The van der Waals surface area contributed by atoms with Crippen molar-refractivity contribution in [3.63, 3.8) is 0 Å². The zero-order chi connectivity index (χ0) is 12.1. The van der Waals surface area contributed by atoms with Gasteiger partial charge in [0, 0.05) is 6.04 Å². The average molecular weight is 231 g/mol. The van der Waals surface area contributed by atoms with Gasteiger partial charge in [0.2, 0.25) is 0 Å². The average Bonchev–Trinajstić information content (AvgIpc) is 2.40. The SMILES string of the molecule is CCCc1ccc(C2CCCC(NC)C2)cc1. The van der Waals surface area contributed by atoms with E-state index < -0.39 is 0 Å². The third-order valence-electron chi connectivity index (χ3n) is 4.07. The minimum Gasteiger partial charge on any atom is -0.317 e. The molecule has 1 saturated carbocycles. The number of rotatable bonds is 4. The van der Waals surface area contributed by atoms with E-state index >= 15 is 0 Å². The summed E-state index contributed by atoms with van der Waals surface area (Å²) in [5.41, 5.74) is 3.03. The largest absolute Gasteiger partial charge is 0.317 e. The molecule has 1 N–H and O–H groups in total. The van der Waals surface area contributed by atoms with Gasteiger partial charge in [-0.25, -0.2) is 0 Å². The van der Waals surface area contributed by atoms with E-state index in [2.05, 4.69) is 43.6 Å². The Labute approximate surface area is 106 Å². The van der Waals surface area contributed by atoms with Crippen molar-refractivity contribution in [1.29, 1.82) is 0 Å². The van der Waals surface area contributed by atoms with Crippen molar-refractivity contribution < 1.29 is 0 Å². The van der Waals surface area contributed by atoms with Crippen LogP contribution in [-0.2, 0) is 6.42 Å². The summed E-state index contributed by atoms with van der Waals surface area (Å²) in [6, 6.07) is 10.1. The van der Waals surface area contributed by atoms with Gasteiger partial charge in [-0.15, -0.1) is 0 Å². The minimum atomic E-state index is 0.726. The lowest BCUT2D eigenvalue weighted by atomic mass is 9.81. The molecule has 0 aromatic heterocycles. The first-order valence-electron chi connectivity index (χ1n) is 7.09. The summed E-state index contributed by atoms with van der Waals surface area (Å²) < 4.78 is 0. The Bertz CT molecular complexity index is 328. The Morgan fingerprint density at radius 2 is 1.94 bits per heavy atom. The fourth-order valence-electron chi connectivity index (χ4n) is 3.00. The van der Waals surface area contributed by atoms with Crippen molar-refractivity contribution in [2.75, 3.05) is 7.05 Å². The van der Waals surface area contributed by atoms with Crippen LogP contribution in [0, 0.1) is 0 Å². The van der Waals surface area contributed by atoms with Gasteiger partial charge in [0.15, 0.2) is 0 Å². The summed E-state index contributed by atoms with van der Waals surface area (Å²) in [7, 11) is 2.09. The van der Waals surface area contributed by atoms with Crippen LogP contribution in [0.1, 0.15) is 56.1 Å². The highest BCUT2D eigenvalue weighted by Gasteiger charge is 2.21. The molecule has 0 radical (unpaired) electrons. The Morgan fingerprint density at radius 1 is 1.18 bits per heavy atom. The highest BCUT2D eigenvalue weighted by molar-refractivity contribution is 5.26. The zero-order valence-electron chi connectivity index (χ0n) is 11.2. The second-order valence-corrected chi connectivity index (χ2v) is 5.34. The molecule has 1 heteroatoms. The van der Waals surface area contributed by atoms with Crippen LogP contribution in [0.25, 0.3) is 0 Å². The van der Waals surface area contributed by atoms with Crippen LogP contribution in [-0.4, -0.2) is 13.1 Å². The van der Waals surface area contributed by atoms with Gasteiger partial charge in [-0.1, -0.05) is 44.0 Å². The summed E-state index contributed by atoms with van der Waals surface area (Å²) >= 11 is 0. The van der Waals surface area contributed by atoms with E-state index in [1.165, 1.54) is 44.1 Å². The quantitative estimate of drug-likeness (QED) is 0.829. The maximum atomic E-state index is 3.44. The maximum Gasteiger partial charge on any atom is 0.00698 e. The lowest BCUT2D eigenvalue weighted by Gasteiger charge is -2.29. The van der Waals surface area contributed by atoms with Crippen LogP contribution in [0.5, 0.6) is 0 Å². The Morgan fingerprint density at radius 3 is 2.59 bits per heavy atom. The summed E-state index contributed by atoms with van der Waals surface area (Å²) in [6.45, 7) is 2.24. The lowest BCUT2D eigenvalue weighted by Crippen LogP contribution is -2.30. The minimum absolute atomic E-state index is 0.726. The molecule has 0 spiro atoms. The molecule has 1 aliphatic carbocycles. The number of benzene rings is 1. The van der Waals surface area contributed by atoms with Gasteiger partial charge in [-0.2, -0.15) is 0 Å². The van der Waals surface area contributed by atoms with Crippen LogP contribution in [0.4, 0.5) is 0 Å². The van der Waals surface area contributed by atoms with Crippen molar-refractivity contribution in [2.24, 2.45) is 0 Å². The van der Waals surface area contributed by atoms with Crippen molar-refractivity contribution in [3.05, 3.63) is 35.4 Å². The Balaban J connectivity index is 2.01. The molecule has 1 aliphatic rings. The number of aryl methyl sites for hydroxylation is 1. The predicted octanol–water partition coefficient (Wildman–Crippen LogP) is 3.88. The van der Waals surface area contributed by atoms with E-state index in [1.54, 1.807) is 5.56 Å². The first-order chi connectivity index (χ1) is 8.33. The van der Waals surface area contributed by atoms with Gasteiger partial charge >= 0.3 is 0 Å². The fraction of sp³-hybridized carbons (Fsp3) is 0.625. The van der Waals surface area contributed by atoms with E-state index in [0.717, 1.165) is 12.0 Å². The van der Waals surface area contributed by atoms with Crippen LogP contribution >= 0.6 is 0 Å². The van der Waals surface area contributed by atoms with Crippen LogP contribution in [0.2, 0.25) is 0 Å². The molecular formula is C16H25N. The monoisotopic (exact) mass is 231 g/mol.